The Kier molecular flexibility index (Phi) is 7.04. The van der Waals surface area contributed by atoms with Crippen molar-refractivity contribution >= 4 is 23.8 Å². The van der Waals surface area contributed by atoms with Gasteiger partial charge in [0, 0.05) is 0 Å². The topological polar surface area (TPSA) is 220 Å². The molecular formula is C14H21N11. The maximum absolute atomic E-state index is 7.69. The third kappa shape index (κ3) is 6.76. The second-order valence-electron chi connectivity index (χ2n) is 4.57. The summed E-state index contributed by atoms with van der Waals surface area (Å²) in [6.45, 7) is 0.267. The van der Waals surface area contributed by atoms with Gasteiger partial charge in [-0.25, -0.2) is 14.9 Å². The number of nitrogens with one attached hydrogen (secondary N) is 1. The van der Waals surface area contributed by atoms with Crippen LogP contribution in [0, 0.1) is 5.41 Å². The standard InChI is InChI=1S/C14H21N11/c15-11(16)22-7-6-10(24-12(17)18)25(13(19)20)14(21)23-8-9-4-2-1-3-5-9/h1-5,7H,8H2,(H3,19,20)(H2,21,23)(H4,15,16,22)(H4,17,18,24). The van der Waals surface area contributed by atoms with E-state index >= 15 is 0 Å². The van der Waals surface area contributed by atoms with Gasteiger partial charge in [0.2, 0.25) is 11.9 Å². The summed E-state index contributed by atoms with van der Waals surface area (Å²) in [4.78, 5) is 12.6. The highest BCUT2D eigenvalue weighted by molar-refractivity contribution is 5.98. The van der Waals surface area contributed by atoms with Crippen LogP contribution in [0.2, 0.25) is 0 Å². The van der Waals surface area contributed by atoms with Gasteiger partial charge >= 0.3 is 0 Å². The molecule has 132 valence electrons. The van der Waals surface area contributed by atoms with Gasteiger partial charge in [-0.2, -0.15) is 4.99 Å². The third-order valence-corrected chi connectivity index (χ3v) is 2.59. The number of hydrogen-bond acceptors (Lipinski definition) is 4. The van der Waals surface area contributed by atoms with E-state index in [-0.39, 0.29) is 30.2 Å². The Morgan fingerprint density at radius 2 is 1.68 bits per heavy atom. The lowest BCUT2D eigenvalue weighted by Gasteiger charge is -2.20. The van der Waals surface area contributed by atoms with Gasteiger partial charge in [0.1, 0.15) is 0 Å². The molecular weight excluding hydrogens is 322 g/mol. The van der Waals surface area contributed by atoms with Gasteiger partial charge in [-0.3, -0.25) is 5.41 Å². The van der Waals surface area contributed by atoms with Crippen LogP contribution in [-0.2, 0) is 6.54 Å². The lowest BCUT2D eigenvalue weighted by atomic mass is 10.2. The third-order valence-electron chi connectivity index (χ3n) is 2.59. The lowest BCUT2D eigenvalue weighted by Crippen LogP contribution is -2.45. The van der Waals surface area contributed by atoms with Crippen molar-refractivity contribution in [1.29, 1.82) is 5.41 Å². The van der Waals surface area contributed by atoms with Gasteiger partial charge in [-0.15, -0.1) is 0 Å². The zero-order chi connectivity index (χ0) is 18.8. The van der Waals surface area contributed by atoms with Crippen molar-refractivity contribution in [1.82, 2.24) is 4.90 Å². The number of nitrogens with two attached hydrogens (primary N) is 6. The van der Waals surface area contributed by atoms with Crippen LogP contribution in [0.1, 0.15) is 5.56 Å². The molecule has 0 aliphatic heterocycles. The summed E-state index contributed by atoms with van der Waals surface area (Å²) in [5.41, 5.74) is 36.2. The predicted molar refractivity (Wildman–Crippen MR) is 98.7 cm³/mol. The minimum atomic E-state index is -0.472. The molecule has 0 bridgehead atoms. The Balaban J connectivity index is 3.24. The first kappa shape index (κ1) is 19.1. The Hall–Kier alpha value is -3.98. The second-order valence-corrected chi connectivity index (χ2v) is 4.57. The number of guanidine groups is 4. The molecule has 11 nitrogen and oxygen atoms in total. The number of aliphatic imine (C=N–C) groups is 3. The first-order chi connectivity index (χ1) is 11.8. The molecule has 0 aromatic heterocycles. The van der Waals surface area contributed by atoms with Crippen molar-refractivity contribution < 1.29 is 0 Å². The van der Waals surface area contributed by atoms with E-state index in [0.717, 1.165) is 16.7 Å². The van der Waals surface area contributed by atoms with E-state index < -0.39 is 5.96 Å². The first-order valence-corrected chi connectivity index (χ1v) is 6.92. The van der Waals surface area contributed by atoms with E-state index in [1.807, 2.05) is 30.3 Å². The van der Waals surface area contributed by atoms with Crippen LogP contribution in [0.3, 0.4) is 0 Å². The summed E-state index contributed by atoms with van der Waals surface area (Å²) in [5.74, 6) is -1.19. The van der Waals surface area contributed by atoms with Crippen molar-refractivity contribution in [3.63, 3.8) is 0 Å². The van der Waals surface area contributed by atoms with E-state index in [9.17, 15) is 0 Å². The van der Waals surface area contributed by atoms with Gasteiger partial charge in [-0.1, -0.05) is 36.1 Å². The average molecular weight is 343 g/mol. The summed E-state index contributed by atoms with van der Waals surface area (Å²) in [5, 5.41) is 7.69. The highest BCUT2D eigenvalue weighted by atomic mass is 15.4. The fourth-order valence-corrected chi connectivity index (χ4v) is 1.61. The summed E-state index contributed by atoms with van der Waals surface area (Å²) in [6.07, 6.45) is 1.11. The van der Waals surface area contributed by atoms with Crippen molar-refractivity contribution in [2.24, 2.45) is 49.4 Å². The first-order valence-electron chi connectivity index (χ1n) is 6.92. The second kappa shape index (κ2) is 9.22. The maximum atomic E-state index is 7.69. The number of hydrogen-bond donors (Lipinski definition) is 7. The van der Waals surface area contributed by atoms with Crippen LogP contribution in [0.25, 0.3) is 0 Å². The lowest BCUT2D eigenvalue weighted by molar-refractivity contribution is 0.704. The van der Waals surface area contributed by atoms with Crippen molar-refractivity contribution in [3.05, 3.63) is 53.6 Å². The molecule has 0 saturated heterocycles. The van der Waals surface area contributed by atoms with Gasteiger partial charge in [0.15, 0.2) is 17.7 Å². The number of rotatable bonds is 5. The summed E-state index contributed by atoms with van der Waals surface area (Å²) in [6, 6.07) is 9.37. The average Bonchev–Trinajstić information content (AvgIpc) is 2.52. The number of nitrogens with zero attached hydrogens (tertiary/aromatic N) is 4. The predicted octanol–water partition coefficient (Wildman–Crippen LogP) is -1.80. The molecule has 1 rings (SSSR count). The van der Waals surface area contributed by atoms with E-state index in [1.165, 1.54) is 0 Å². The smallest absolute Gasteiger partial charge is 0.204 e. The molecule has 0 heterocycles. The van der Waals surface area contributed by atoms with Crippen molar-refractivity contribution in [2.45, 2.75) is 6.54 Å². The highest BCUT2D eigenvalue weighted by Gasteiger charge is 2.16. The van der Waals surface area contributed by atoms with Crippen LogP contribution in [0.4, 0.5) is 0 Å². The molecule has 0 spiro atoms. The molecule has 25 heavy (non-hydrogen) atoms. The largest absolute Gasteiger partial charge is 0.370 e. The Morgan fingerprint density at radius 3 is 2.20 bits per heavy atom. The van der Waals surface area contributed by atoms with Crippen LogP contribution in [0.15, 0.2) is 63.1 Å². The minimum Gasteiger partial charge on any atom is -0.370 e. The fourth-order valence-electron chi connectivity index (χ4n) is 1.61. The molecule has 0 unspecified atom stereocenters. The van der Waals surface area contributed by atoms with Gasteiger partial charge in [0.05, 0.1) is 12.7 Å². The molecule has 0 atom stereocenters. The van der Waals surface area contributed by atoms with Crippen LogP contribution < -0.4 is 34.4 Å². The zero-order valence-corrected chi connectivity index (χ0v) is 13.4. The Labute approximate surface area is 144 Å². The maximum Gasteiger partial charge on any atom is 0.204 e. The van der Waals surface area contributed by atoms with Crippen molar-refractivity contribution in [2.75, 3.05) is 0 Å². The summed E-state index contributed by atoms with van der Waals surface area (Å²) in [7, 11) is 0. The van der Waals surface area contributed by atoms with E-state index in [2.05, 4.69) is 20.7 Å². The van der Waals surface area contributed by atoms with E-state index in [4.69, 9.17) is 39.8 Å². The molecule has 0 radical (unpaired) electrons. The molecule has 0 saturated carbocycles. The molecule has 0 amide bonds. The van der Waals surface area contributed by atoms with Crippen LogP contribution in [-0.4, -0.2) is 28.7 Å². The van der Waals surface area contributed by atoms with Gasteiger partial charge in [0.25, 0.3) is 0 Å². The summed E-state index contributed by atoms with van der Waals surface area (Å²) < 4.78 is 0. The number of benzene rings is 1. The van der Waals surface area contributed by atoms with Crippen molar-refractivity contribution in [3.8, 4) is 0 Å². The Morgan fingerprint density at radius 1 is 1.04 bits per heavy atom. The normalized spacial score (nSPS) is 10.2. The van der Waals surface area contributed by atoms with E-state index in [1.54, 1.807) is 0 Å². The quantitative estimate of drug-likeness (QED) is 0.184. The van der Waals surface area contributed by atoms with E-state index in [0.29, 0.717) is 0 Å². The highest BCUT2D eigenvalue weighted by Crippen LogP contribution is 2.06. The molecule has 11 heteroatoms. The Bertz CT molecular complexity index is 746. The van der Waals surface area contributed by atoms with Gasteiger partial charge in [-0.05, 0) is 5.56 Å². The molecule has 0 aliphatic carbocycles. The molecule has 1 aromatic carbocycles. The van der Waals surface area contributed by atoms with Crippen LogP contribution in [0.5, 0.6) is 0 Å². The van der Waals surface area contributed by atoms with Crippen LogP contribution >= 0.6 is 0 Å². The minimum absolute atomic E-state index is 0.105. The van der Waals surface area contributed by atoms with Gasteiger partial charge < -0.3 is 34.4 Å². The SMILES string of the molecule is N=C(N)N(C(=C=CN=C(N)N)N=C(N)N)C(N)=NCc1ccccc1. The summed E-state index contributed by atoms with van der Waals surface area (Å²) >= 11 is 0. The molecule has 0 aliphatic rings. The fraction of sp³-hybridized carbons (Fsp3) is 0.0714. The molecule has 0 fully saturated rings. The molecule has 13 N–H and O–H groups in total. The zero-order valence-electron chi connectivity index (χ0n) is 13.4. The molecule has 1 aromatic rings. The monoisotopic (exact) mass is 343 g/mol.